The average molecular weight is 417 g/mol. The second kappa shape index (κ2) is 15.7. The monoisotopic (exact) mass is 416 g/mol. The van der Waals surface area contributed by atoms with Gasteiger partial charge in [0.2, 0.25) is 0 Å². The first-order valence-corrected chi connectivity index (χ1v) is 9.75. The number of carboxylic acids is 1. The van der Waals surface area contributed by atoms with Crippen molar-refractivity contribution in [3.8, 4) is 0 Å². The number of esters is 2. The highest BCUT2D eigenvalue weighted by Gasteiger charge is 2.17. The quantitative estimate of drug-likeness (QED) is 0.518. The molecule has 0 saturated heterocycles. The third-order valence-electron chi connectivity index (χ3n) is 3.91. The first-order valence-electron chi connectivity index (χ1n) is 9.75. The Balaban J connectivity index is 0.000000461. The minimum Gasteiger partial charge on any atom is -0.478 e. The Morgan fingerprint density at radius 2 is 1.50 bits per heavy atom. The molecule has 0 unspecified atom stereocenters. The molecule has 6 heteroatoms. The topological polar surface area (TPSA) is 89.9 Å². The maximum atomic E-state index is 11.1. The van der Waals surface area contributed by atoms with Crippen LogP contribution in [0.2, 0.25) is 0 Å². The SMILES string of the molecule is C=C(C)C(=O)OC1CCCCC1.C=C(C)C(=O)OCc1ccccc1.C=CC(=O)O. The van der Waals surface area contributed by atoms with Crippen molar-refractivity contribution in [2.75, 3.05) is 0 Å². The lowest BCUT2D eigenvalue weighted by molar-refractivity contribution is -0.145. The van der Waals surface area contributed by atoms with E-state index < -0.39 is 5.97 Å². The summed E-state index contributed by atoms with van der Waals surface area (Å²) in [5.74, 6) is -1.56. The highest BCUT2D eigenvalue weighted by molar-refractivity contribution is 5.87. The number of carbonyl (C=O) groups excluding carboxylic acids is 2. The predicted molar refractivity (Wildman–Crippen MR) is 117 cm³/mol. The lowest BCUT2D eigenvalue weighted by Gasteiger charge is -2.21. The molecule has 1 fully saturated rings. The highest BCUT2D eigenvalue weighted by Crippen LogP contribution is 2.20. The molecule has 30 heavy (non-hydrogen) atoms. The van der Waals surface area contributed by atoms with Crippen LogP contribution in [0, 0.1) is 0 Å². The van der Waals surface area contributed by atoms with Crippen LogP contribution in [0.25, 0.3) is 0 Å². The van der Waals surface area contributed by atoms with Crippen LogP contribution in [0.4, 0.5) is 0 Å². The van der Waals surface area contributed by atoms with Crippen LogP contribution in [0.1, 0.15) is 51.5 Å². The Kier molecular flexibility index (Phi) is 14.1. The summed E-state index contributed by atoms with van der Waals surface area (Å²) in [6.07, 6.45) is 6.70. The number of carboxylic acid groups (broad SMARTS) is 1. The van der Waals surface area contributed by atoms with Gasteiger partial charge in [0.1, 0.15) is 12.7 Å². The summed E-state index contributed by atoms with van der Waals surface area (Å²) in [4.78, 5) is 31.3. The number of carbonyl (C=O) groups is 3. The minimum atomic E-state index is -0.981. The van der Waals surface area contributed by atoms with Gasteiger partial charge in [0.25, 0.3) is 0 Å². The molecule has 1 aromatic rings. The normalized spacial score (nSPS) is 12.6. The predicted octanol–water partition coefficient (Wildman–Crippen LogP) is 5.00. The van der Waals surface area contributed by atoms with Crippen LogP contribution >= 0.6 is 0 Å². The zero-order chi connectivity index (χ0) is 22.9. The fourth-order valence-corrected chi connectivity index (χ4v) is 2.28. The zero-order valence-corrected chi connectivity index (χ0v) is 17.9. The zero-order valence-electron chi connectivity index (χ0n) is 17.9. The van der Waals surface area contributed by atoms with E-state index >= 15 is 0 Å². The first-order chi connectivity index (χ1) is 14.2. The number of aliphatic carboxylic acids is 1. The summed E-state index contributed by atoms with van der Waals surface area (Å²) in [5.41, 5.74) is 1.91. The molecule has 0 radical (unpaired) electrons. The van der Waals surface area contributed by atoms with Crippen molar-refractivity contribution in [3.05, 3.63) is 72.9 Å². The van der Waals surface area contributed by atoms with Crippen molar-refractivity contribution in [2.45, 2.75) is 58.7 Å². The van der Waals surface area contributed by atoms with Gasteiger partial charge in [-0.1, -0.05) is 56.5 Å². The molecule has 1 aliphatic carbocycles. The minimum absolute atomic E-state index is 0.156. The molecule has 1 aliphatic rings. The molecule has 0 amide bonds. The van der Waals surface area contributed by atoms with Crippen molar-refractivity contribution < 1.29 is 29.0 Å². The van der Waals surface area contributed by atoms with E-state index in [4.69, 9.17) is 14.6 Å². The second-order valence-electron chi connectivity index (χ2n) is 6.83. The molecule has 0 aliphatic heterocycles. The largest absolute Gasteiger partial charge is 0.478 e. The van der Waals surface area contributed by atoms with Gasteiger partial charge in [-0.05, 0) is 45.1 Å². The Hall–Kier alpha value is -3.15. The van der Waals surface area contributed by atoms with Crippen LogP contribution in [-0.2, 0) is 30.5 Å². The van der Waals surface area contributed by atoms with E-state index in [0.29, 0.717) is 17.8 Å². The van der Waals surface area contributed by atoms with Gasteiger partial charge in [-0.3, -0.25) is 0 Å². The first kappa shape index (κ1) is 26.9. The molecule has 0 bridgehead atoms. The summed E-state index contributed by atoms with van der Waals surface area (Å²) in [6.45, 7) is 13.6. The van der Waals surface area contributed by atoms with E-state index in [1.54, 1.807) is 13.8 Å². The Labute approximate surface area is 178 Å². The molecule has 0 aromatic heterocycles. The Morgan fingerprint density at radius 1 is 1.00 bits per heavy atom. The third-order valence-corrected chi connectivity index (χ3v) is 3.91. The third kappa shape index (κ3) is 13.9. The summed E-state index contributed by atoms with van der Waals surface area (Å²) < 4.78 is 10.2. The average Bonchev–Trinajstić information content (AvgIpc) is 2.74. The van der Waals surface area contributed by atoms with Gasteiger partial charge in [0.05, 0.1) is 0 Å². The van der Waals surface area contributed by atoms with Crippen molar-refractivity contribution in [3.63, 3.8) is 0 Å². The molecule has 0 atom stereocenters. The molecule has 164 valence electrons. The van der Waals surface area contributed by atoms with E-state index in [2.05, 4.69) is 19.7 Å². The Morgan fingerprint density at radius 3 is 1.93 bits per heavy atom. The van der Waals surface area contributed by atoms with Gasteiger partial charge in [0.15, 0.2) is 0 Å². The number of ether oxygens (including phenoxy) is 2. The summed E-state index contributed by atoms with van der Waals surface area (Å²) in [5, 5.41) is 7.60. The molecular weight excluding hydrogens is 384 g/mol. The fourth-order valence-electron chi connectivity index (χ4n) is 2.28. The standard InChI is InChI=1S/C11H12O2.C10H16O2.C3H4O2/c1-9(2)11(12)13-8-10-6-4-3-5-7-10;1-8(2)10(11)12-9-6-4-3-5-7-9;1-2-3(4)5/h3-7H,1,8H2,2H3;9H,1,3-7H2,2H3;2H,1H2,(H,4,5). The van der Waals surface area contributed by atoms with Crippen molar-refractivity contribution >= 4 is 17.9 Å². The fraction of sp³-hybridized carbons (Fsp3) is 0.375. The van der Waals surface area contributed by atoms with Gasteiger partial charge < -0.3 is 14.6 Å². The second-order valence-corrected chi connectivity index (χ2v) is 6.83. The van der Waals surface area contributed by atoms with E-state index in [0.717, 1.165) is 24.5 Å². The van der Waals surface area contributed by atoms with Crippen LogP contribution < -0.4 is 0 Å². The van der Waals surface area contributed by atoms with Crippen molar-refractivity contribution in [1.82, 2.24) is 0 Å². The van der Waals surface area contributed by atoms with Gasteiger partial charge in [-0.25, -0.2) is 14.4 Å². The van der Waals surface area contributed by atoms with Gasteiger partial charge in [0, 0.05) is 17.2 Å². The summed E-state index contributed by atoms with van der Waals surface area (Å²) in [6, 6.07) is 9.55. The maximum absolute atomic E-state index is 11.1. The van der Waals surface area contributed by atoms with E-state index in [1.807, 2.05) is 30.3 Å². The summed E-state index contributed by atoms with van der Waals surface area (Å²) >= 11 is 0. The van der Waals surface area contributed by atoms with Gasteiger partial charge >= 0.3 is 17.9 Å². The van der Waals surface area contributed by atoms with Gasteiger partial charge in [-0.15, -0.1) is 0 Å². The molecule has 1 saturated carbocycles. The van der Waals surface area contributed by atoms with Gasteiger partial charge in [-0.2, -0.15) is 0 Å². The smallest absolute Gasteiger partial charge is 0.333 e. The van der Waals surface area contributed by atoms with Crippen LogP contribution in [0.3, 0.4) is 0 Å². The van der Waals surface area contributed by atoms with Crippen molar-refractivity contribution in [2.24, 2.45) is 0 Å². The van der Waals surface area contributed by atoms with Crippen LogP contribution in [0.5, 0.6) is 0 Å². The number of hydrogen-bond donors (Lipinski definition) is 1. The van der Waals surface area contributed by atoms with E-state index in [9.17, 15) is 14.4 Å². The number of rotatable bonds is 6. The van der Waals surface area contributed by atoms with E-state index in [1.165, 1.54) is 19.3 Å². The van der Waals surface area contributed by atoms with Crippen molar-refractivity contribution in [1.29, 1.82) is 0 Å². The highest BCUT2D eigenvalue weighted by atomic mass is 16.5. The van der Waals surface area contributed by atoms with E-state index in [-0.39, 0.29) is 18.0 Å². The number of hydrogen-bond acceptors (Lipinski definition) is 5. The molecule has 6 nitrogen and oxygen atoms in total. The molecule has 1 aromatic carbocycles. The Bertz CT molecular complexity index is 714. The molecular formula is C24H32O6. The maximum Gasteiger partial charge on any atom is 0.333 e. The van der Waals surface area contributed by atoms with Crippen LogP contribution in [-0.4, -0.2) is 29.1 Å². The molecule has 0 spiro atoms. The molecule has 2 rings (SSSR count). The number of benzene rings is 1. The molecule has 1 N–H and O–H groups in total. The van der Waals surface area contributed by atoms with Crippen LogP contribution in [0.15, 0.2) is 67.3 Å². The lowest BCUT2D eigenvalue weighted by atomic mass is 9.98. The molecule has 0 heterocycles. The lowest BCUT2D eigenvalue weighted by Crippen LogP contribution is -2.20. The summed E-state index contributed by atoms with van der Waals surface area (Å²) in [7, 11) is 0.